The first-order valence-corrected chi connectivity index (χ1v) is 21.4. The van der Waals surface area contributed by atoms with Crippen molar-refractivity contribution in [2.45, 2.75) is 216 Å². The van der Waals surface area contributed by atoms with Gasteiger partial charge in [-0.05, 0) is 131 Å². The number of hydrogen-bond donors (Lipinski definition) is 0. The van der Waals surface area contributed by atoms with Crippen LogP contribution in [0.2, 0.25) is 0 Å². The van der Waals surface area contributed by atoms with E-state index >= 15 is 0 Å². The molecule has 0 N–H and O–H groups in total. The molecule has 0 aromatic rings. The Kier molecular flexibility index (Phi) is 8.93. The molecule has 0 aromatic carbocycles. The SMILES string of the molecule is C1CCC(C2CCC(N3C4CCCCC4C4C5C6CCC(C7CCCCC7)CC6N(C6CCCCC6)C5CCC43)CC2)CC1. The zero-order valence-electron chi connectivity index (χ0n) is 28.8. The molecule has 2 aliphatic heterocycles. The molecule has 2 heterocycles. The maximum Gasteiger partial charge on any atom is 0.0137 e. The van der Waals surface area contributed by atoms with E-state index in [0.29, 0.717) is 0 Å². The van der Waals surface area contributed by atoms with Crippen molar-refractivity contribution in [2.24, 2.45) is 47.3 Å². The van der Waals surface area contributed by atoms with E-state index in [1.807, 2.05) is 0 Å². The molecule has 7 aliphatic carbocycles. The smallest absolute Gasteiger partial charge is 0.0137 e. The molecular formula is C42H70N2. The molecule has 9 fully saturated rings. The second-order valence-electron chi connectivity index (χ2n) is 18.7. The lowest BCUT2D eigenvalue weighted by Crippen LogP contribution is -2.53. The van der Waals surface area contributed by atoms with Crippen LogP contribution in [0.15, 0.2) is 0 Å². The van der Waals surface area contributed by atoms with Crippen molar-refractivity contribution in [2.75, 3.05) is 0 Å². The third kappa shape index (κ3) is 5.31. The number of hydrogen-bond acceptors (Lipinski definition) is 2. The summed E-state index contributed by atoms with van der Waals surface area (Å²) >= 11 is 0. The van der Waals surface area contributed by atoms with Crippen molar-refractivity contribution in [3.8, 4) is 0 Å². The summed E-state index contributed by atoms with van der Waals surface area (Å²) in [6.45, 7) is 0. The van der Waals surface area contributed by atoms with E-state index in [1.165, 1.54) is 77.0 Å². The molecule has 2 nitrogen and oxygen atoms in total. The van der Waals surface area contributed by atoms with Crippen molar-refractivity contribution in [1.82, 2.24) is 9.80 Å². The minimum atomic E-state index is 0.945. The third-order valence-corrected chi connectivity index (χ3v) is 17.1. The number of likely N-dealkylation sites (tertiary alicyclic amines) is 2. The van der Waals surface area contributed by atoms with Gasteiger partial charge in [-0.25, -0.2) is 0 Å². The molecule has 0 spiro atoms. The van der Waals surface area contributed by atoms with Gasteiger partial charge in [-0.1, -0.05) is 96.3 Å². The summed E-state index contributed by atoms with van der Waals surface area (Å²) in [6.07, 6.45) is 43.6. The van der Waals surface area contributed by atoms with Gasteiger partial charge in [0.15, 0.2) is 0 Å². The van der Waals surface area contributed by atoms with Crippen molar-refractivity contribution >= 4 is 0 Å². The predicted molar refractivity (Wildman–Crippen MR) is 184 cm³/mol. The molecule has 0 aromatic heterocycles. The van der Waals surface area contributed by atoms with Gasteiger partial charge in [0.1, 0.15) is 0 Å². The molecule has 0 radical (unpaired) electrons. The first kappa shape index (κ1) is 30.0. The van der Waals surface area contributed by atoms with E-state index in [4.69, 9.17) is 0 Å². The predicted octanol–water partition coefficient (Wildman–Crippen LogP) is 10.8. The Morgan fingerprint density at radius 1 is 0.273 bits per heavy atom. The Labute approximate surface area is 272 Å². The van der Waals surface area contributed by atoms with Crippen LogP contribution in [0, 0.1) is 47.3 Å². The highest BCUT2D eigenvalue weighted by Crippen LogP contribution is 2.62. The summed E-state index contributed by atoms with van der Waals surface area (Å²) in [6, 6.07) is 5.75. The minimum Gasteiger partial charge on any atom is -0.294 e. The summed E-state index contributed by atoms with van der Waals surface area (Å²) in [5.41, 5.74) is 0. The quantitative estimate of drug-likeness (QED) is 0.316. The Morgan fingerprint density at radius 3 is 1.39 bits per heavy atom. The number of nitrogens with zero attached hydrogens (tertiary/aromatic N) is 2. The Hall–Kier alpha value is -0.0800. The van der Waals surface area contributed by atoms with Crippen LogP contribution in [0.3, 0.4) is 0 Å². The second-order valence-corrected chi connectivity index (χ2v) is 18.7. The fourth-order valence-corrected chi connectivity index (χ4v) is 15.5. The summed E-state index contributed by atoms with van der Waals surface area (Å²) < 4.78 is 0. The highest BCUT2D eigenvalue weighted by molar-refractivity contribution is 5.16. The number of rotatable bonds is 4. The van der Waals surface area contributed by atoms with Gasteiger partial charge in [0.25, 0.3) is 0 Å². The Balaban J connectivity index is 0.976. The highest BCUT2D eigenvalue weighted by Gasteiger charge is 2.64. The van der Waals surface area contributed by atoms with E-state index in [2.05, 4.69) is 9.80 Å². The van der Waals surface area contributed by atoms with Crippen molar-refractivity contribution < 1.29 is 0 Å². The van der Waals surface area contributed by atoms with Gasteiger partial charge in [0.2, 0.25) is 0 Å². The molecule has 9 rings (SSSR count). The highest BCUT2D eigenvalue weighted by atomic mass is 15.3. The van der Waals surface area contributed by atoms with E-state index in [-0.39, 0.29) is 0 Å². The van der Waals surface area contributed by atoms with Crippen molar-refractivity contribution in [3.63, 3.8) is 0 Å². The normalized spacial score (nSPS) is 48.4. The molecule has 0 bridgehead atoms. The first-order chi connectivity index (χ1) is 21.8. The lowest BCUT2D eigenvalue weighted by atomic mass is 9.60. The number of fused-ring (bicyclic) bond motifs is 7. The van der Waals surface area contributed by atoms with Gasteiger partial charge in [-0.3, -0.25) is 9.80 Å². The van der Waals surface area contributed by atoms with E-state index in [9.17, 15) is 0 Å². The Bertz CT molecular complexity index is 935. The van der Waals surface area contributed by atoms with Gasteiger partial charge in [-0.15, -0.1) is 0 Å². The summed E-state index contributed by atoms with van der Waals surface area (Å²) in [5.74, 6) is 8.56. The largest absolute Gasteiger partial charge is 0.294 e. The summed E-state index contributed by atoms with van der Waals surface area (Å²) in [7, 11) is 0. The molecule has 2 heteroatoms. The molecule has 9 aliphatic rings. The third-order valence-electron chi connectivity index (χ3n) is 17.1. The van der Waals surface area contributed by atoms with Crippen LogP contribution in [0.5, 0.6) is 0 Å². The lowest BCUT2D eigenvalue weighted by Gasteiger charge is -2.48. The summed E-state index contributed by atoms with van der Waals surface area (Å²) in [4.78, 5) is 6.75. The van der Waals surface area contributed by atoms with Crippen LogP contribution in [0.1, 0.15) is 180 Å². The molecule has 9 atom stereocenters. The van der Waals surface area contributed by atoms with Gasteiger partial charge in [0.05, 0.1) is 0 Å². The van der Waals surface area contributed by atoms with Crippen LogP contribution in [0.4, 0.5) is 0 Å². The van der Waals surface area contributed by atoms with Crippen molar-refractivity contribution in [1.29, 1.82) is 0 Å². The van der Waals surface area contributed by atoms with E-state index < -0.39 is 0 Å². The standard InChI is InChI=1S/C42H70N2/c1-4-12-29(13-5-1)31-20-23-34(24-21-31)43-37-19-11-10-18-35(37)41-38(43)26-27-39-42(41)36-25-22-32(30-14-6-2-7-15-30)28-40(36)44(39)33-16-8-3-9-17-33/h29-42H,1-28H2. The molecule has 2 saturated heterocycles. The molecule has 7 saturated carbocycles. The van der Waals surface area contributed by atoms with Gasteiger partial charge >= 0.3 is 0 Å². The second kappa shape index (κ2) is 13.1. The fraction of sp³-hybridized carbons (Fsp3) is 1.00. The van der Waals surface area contributed by atoms with Crippen LogP contribution >= 0.6 is 0 Å². The monoisotopic (exact) mass is 603 g/mol. The zero-order valence-corrected chi connectivity index (χ0v) is 28.8. The molecular weight excluding hydrogens is 532 g/mol. The van der Waals surface area contributed by atoms with Crippen LogP contribution in [-0.2, 0) is 0 Å². The van der Waals surface area contributed by atoms with Crippen molar-refractivity contribution in [3.05, 3.63) is 0 Å². The Morgan fingerprint density at radius 2 is 0.727 bits per heavy atom. The zero-order chi connectivity index (χ0) is 29.0. The van der Waals surface area contributed by atoms with Crippen LogP contribution < -0.4 is 0 Å². The average Bonchev–Trinajstić information content (AvgIpc) is 3.62. The van der Waals surface area contributed by atoms with Gasteiger partial charge in [0, 0.05) is 36.3 Å². The minimum absolute atomic E-state index is 0.945. The molecule has 0 amide bonds. The molecule has 248 valence electrons. The van der Waals surface area contributed by atoms with E-state index in [1.54, 1.807) is 103 Å². The van der Waals surface area contributed by atoms with E-state index in [0.717, 1.165) is 83.6 Å². The average molecular weight is 603 g/mol. The maximum absolute atomic E-state index is 3.38. The fourth-order valence-electron chi connectivity index (χ4n) is 15.5. The maximum atomic E-state index is 3.38. The summed E-state index contributed by atoms with van der Waals surface area (Å²) in [5, 5.41) is 0. The van der Waals surface area contributed by atoms with Gasteiger partial charge < -0.3 is 0 Å². The van der Waals surface area contributed by atoms with Crippen LogP contribution in [0.25, 0.3) is 0 Å². The topological polar surface area (TPSA) is 6.48 Å². The van der Waals surface area contributed by atoms with Gasteiger partial charge in [-0.2, -0.15) is 0 Å². The molecule has 44 heavy (non-hydrogen) atoms. The molecule has 9 unspecified atom stereocenters. The first-order valence-electron chi connectivity index (χ1n) is 21.4. The van der Waals surface area contributed by atoms with Crippen LogP contribution in [-0.4, -0.2) is 46.1 Å². The lowest BCUT2D eigenvalue weighted by molar-refractivity contribution is 0.0128.